The molecule has 0 atom stereocenters. The van der Waals surface area contributed by atoms with Crippen LogP contribution in [-0.4, -0.2) is 69.4 Å². The maximum Gasteiger partial charge on any atom is 0.272 e. The SMILES string of the molecule is COc1ccc(C(=O)Nc2nnc(S(=O)(=O)N3CCOCC3)s2)cc1OC. The van der Waals surface area contributed by atoms with Gasteiger partial charge in [-0.25, -0.2) is 8.42 Å². The molecule has 10 nitrogen and oxygen atoms in total. The molecule has 0 radical (unpaired) electrons. The maximum atomic E-state index is 12.5. The summed E-state index contributed by atoms with van der Waals surface area (Å²) in [5, 5.41) is 10.1. The molecule has 27 heavy (non-hydrogen) atoms. The van der Waals surface area contributed by atoms with Gasteiger partial charge in [-0.1, -0.05) is 11.3 Å². The summed E-state index contributed by atoms with van der Waals surface area (Å²) >= 11 is 0.794. The second-order valence-corrected chi connectivity index (χ2v) is 8.50. The van der Waals surface area contributed by atoms with E-state index in [-0.39, 0.29) is 22.6 Å². The summed E-state index contributed by atoms with van der Waals surface area (Å²) in [7, 11) is -0.790. The number of carbonyl (C=O) groups is 1. The zero-order valence-electron chi connectivity index (χ0n) is 14.7. The number of ether oxygens (including phenoxy) is 3. The van der Waals surface area contributed by atoms with Crippen molar-refractivity contribution in [2.75, 3.05) is 45.8 Å². The van der Waals surface area contributed by atoms with Crippen molar-refractivity contribution >= 4 is 32.4 Å². The minimum absolute atomic E-state index is 0.0848. The minimum Gasteiger partial charge on any atom is -0.493 e. The highest BCUT2D eigenvalue weighted by Gasteiger charge is 2.30. The van der Waals surface area contributed by atoms with Crippen molar-refractivity contribution in [3.63, 3.8) is 0 Å². The van der Waals surface area contributed by atoms with Crippen molar-refractivity contribution < 1.29 is 27.4 Å². The summed E-state index contributed by atoms with van der Waals surface area (Å²) in [6.45, 7) is 1.19. The van der Waals surface area contributed by atoms with Crippen LogP contribution in [0.25, 0.3) is 0 Å². The number of amides is 1. The third kappa shape index (κ3) is 4.18. The van der Waals surface area contributed by atoms with E-state index < -0.39 is 15.9 Å². The number of anilines is 1. The fourth-order valence-corrected chi connectivity index (χ4v) is 4.85. The Morgan fingerprint density at radius 1 is 1.19 bits per heavy atom. The van der Waals surface area contributed by atoms with Crippen LogP contribution < -0.4 is 14.8 Å². The number of carbonyl (C=O) groups excluding carboxylic acids is 1. The lowest BCUT2D eigenvalue weighted by Crippen LogP contribution is -2.40. The first-order chi connectivity index (χ1) is 13.0. The van der Waals surface area contributed by atoms with Crippen molar-refractivity contribution in [1.82, 2.24) is 14.5 Å². The van der Waals surface area contributed by atoms with E-state index >= 15 is 0 Å². The lowest BCUT2D eigenvalue weighted by molar-refractivity contribution is 0.0730. The lowest BCUT2D eigenvalue weighted by atomic mass is 10.2. The van der Waals surface area contributed by atoms with Crippen LogP contribution in [0.5, 0.6) is 11.5 Å². The molecule has 1 fully saturated rings. The van der Waals surface area contributed by atoms with Gasteiger partial charge in [-0.2, -0.15) is 4.31 Å². The Bertz CT molecular complexity index is 924. The second kappa shape index (κ2) is 8.17. The summed E-state index contributed by atoms with van der Waals surface area (Å²) in [6, 6.07) is 4.67. The van der Waals surface area contributed by atoms with E-state index in [1.54, 1.807) is 12.1 Å². The summed E-state index contributed by atoms with van der Waals surface area (Å²) in [5.74, 6) is 0.421. The molecule has 0 bridgehead atoms. The Morgan fingerprint density at radius 3 is 2.56 bits per heavy atom. The molecule has 0 aliphatic carbocycles. The van der Waals surface area contributed by atoms with Crippen LogP contribution >= 0.6 is 11.3 Å². The van der Waals surface area contributed by atoms with Gasteiger partial charge in [0.15, 0.2) is 11.5 Å². The fraction of sp³-hybridized carbons (Fsp3) is 0.400. The molecule has 2 aromatic rings. The Morgan fingerprint density at radius 2 is 1.89 bits per heavy atom. The van der Waals surface area contributed by atoms with E-state index in [9.17, 15) is 13.2 Å². The highest BCUT2D eigenvalue weighted by Crippen LogP contribution is 2.28. The molecule has 1 aromatic carbocycles. The Labute approximate surface area is 160 Å². The van der Waals surface area contributed by atoms with Gasteiger partial charge in [0.2, 0.25) is 9.47 Å². The van der Waals surface area contributed by atoms with Crippen LogP contribution in [-0.2, 0) is 14.8 Å². The minimum atomic E-state index is -3.75. The topological polar surface area (TPSA) is 120 Å². The van der Waals surface area contributed by atoms with Gasteiger partial charge in [0.25, 0.3) is 15.9 Å². The number of benzene rings is 1. The zero-order chi connectivity index (χ0) is 19.4. The molecule has 12 heteroatoms. The average molecular weight is 414 g/mol. The molecule has 1 N–H and O–H groups in total. The molecule has 0 spiro atoms. The molecule has 3 rings (SSSR count). The molecule has 2 heterocycles. The first-order valence-electron chi connectivity index (χ1n) is 7.90. The second-order valence-electron chi connectivity index (χ2n) is 5.41. The number of nitrogens with one attached hydrogen (secondary N) is 1. The average Bonchev–Trinajstić information content (AvgIpc) is 3.17. The standard InChI is InChI=1S/C15H18N4O6S2/c1-23-11-4-3-10(9-12(11)24-2)13(20)16-14-17-18-15(26-14)27(21,22)19-5-7-25-8-6-19/h3-4,9H,5-8H2,1-2H3,(H,16,17,20). The van der Waals surface area contributed by atoms with Gasteiger partial charge in [-0.15, -0.1) is 10.2 Å². The number of morpholine rings is 1. The quantitative estimate of drug-likeness (QED) is 0.690. The summed E-state index contributed by atoms with van der Waals surface area (Å²) in [6.07, 6.45) is 0. The number of hydrogen-bond acceptors (Lipinski definition) is 9. The van der Waals surface area contributed by atoms with Crippen LogP contribution in [0.3, 0.4) is 0 Å². The summed E-state index contributed by atoms with van der Waals surface area (Å²) < 4.78 is 41.7. The highest BCUT2D eigenvalue weighted by atomic mass is 32.2. The number of hydrogen-bond donors (Lipinski definition) is 1. The summed E-state index contributed by atoms with van der Waals surface area (Å²) in [4.78, 5) is 12.4. The fourth-order valence-electron chi connectivity index (χ4n) is 2.41. The normalized spacial score (nSPS) is 15.3. The number of methoxy groups -OCH3 is 2. The number of sulfonamides is 1. The molecular weight excluding hydrogens is 396 g/mol. The van der Waals surface area contributed by atoms with Gasteiger partial charge in [-0.05, 0) is 18.2 Å². The molecule has 1 saturated heterocycles. The smallest absolute Gasteiger partial charge is 0.272 e. The van der Waals surface area contributed by atoms with E-state index in [0.29, 0.717) is 30.3 Å². The van der Waals surface area contributed by atoms with E-state index in [1.807, 2.05) is 0 Å². The predicted molar refractivity (Wildman–Crippen MR) is 97.0 cm³/mol. The van der Waals surface area contributed by atoms with Crippen LogP contribution in [0.1, 0.15) is 10.4 Å². The van der Waals surface area contributed by atoms with Gasteiger partial charge in [0, 0.05) is 18.7 Å². The van der Waals surface area contributed by atoms with Crippen molar-refractivity contribution in [3.05, 3.63) is 23.8 Å². The van der Waals surface area contributed by atoms with Gasteiger partial charge in [0.1, 0.15) is 0 Å². The molecule has 146 valence electrons. The number of nitrogens with zero attached hydrogens (tertiary/aromatic N) is 3. The molecule has 1 aliphatic rings. The molecule has 0 saturated carbocycles. The zero-order valence-corrected chi connectivity index (χ0v) is 16.3. The van der Waals surface area contributed by atoms with Crippen LogP contribution in [0.15, 0.2) is 22.5 Å². The van der Waals surface area contributed by atoms with Gasteiger partial charge >= 0.3 is 0 Å². The van der Waals surface area contributed by atoms with Crippen LogP contribution in [0.4, 0.5) is 5.13 Å². The molecular formula is C15H18N4O6S2. The molecule has 1 aliphatic heterocycles. The van der Waals surface area contributed by atoms with E-state index in [2.05, 4.69) is 15.5 Å². The molecule has 1 amide bonds. The monoisotopic (exact) mass is 414 g/mol. The first-order valence-corrected chi connectivity index (χ1v) is 10.2. The predicted octanol–water partition coefficient (Wildman–Crippen LogP) is 0.828. The summed E-state index contributed by atoms with van der Waals surface area (Å²) in [5.41, 5.74) is 0.306. The van der Waals surface area contributed by atoms with Crippen LogP contribution in [0, 0.1) is 0 Å². The number of aromatic nitrogens is 2. The maximum absolute atomic E-state index is 12.5. The van der Waals surface area contributed by atoms with Crippen molar-refractivity contribution in [2.45, 2.75) is 4.34 Å². The Balaban J connectivity index is 1.74. The van der Waals surface area contributed by atoms with Gasteiger partial charge in [0.05, 0.1) is 27.4 Å². The Hall–Kier alpha value is -2.28. The van der Waals surface area contributed by atoms with Crippen molar-refractivity contribution in [2.24, 2.45) is 0 Å². The first kappa shape index (κ1) is 19.5. The largest absolute Gasteiger partial charge is 0.493 e. The van der Waals surface area contributed by atoms with Crippen molar-refractivity contribution in [3.8, 4) is 11.5 Å². The molecule has 1 aromatic heterocycles. The van der Waals surface area contributed by atoms with E-state index in [4.69, 9.17) is 14.2 Å². The number of rotatable bonds is 6. The van der Waals surface area contributed by atoms with Crippen LogP contribution in [0.2, 0.25) is 0 Å². The highest BCUT2D eigenvalue weighted by molar-refractivity contribution is 7.91. The van der Waals surface area contributed by atoms with E-state index in [0.717, 1.165) is 11.3 Å². The van der Waals surface area contributed by atoms with E-state index in [1.165, 1.54) is 24.6 Å². The van der Waals surface area contributed by atoms with Gasteiger partial charge in [-0.3, -0.25) is 10.1 Å². The Kier molecular flexibility index (Phi) is 5.89. The lowest BCUT2D eigenvalue weighted by Gasteiger charge is -2.24. The van der Waals surface area contributed by atoms with Crippen molar-refractivity contribution in [1.29, 1.82) is 0 Å². The third-order valence-electron chi connectivity index (χ3n) is 3.80. The van der Waals surface area contributed by atoms with Gasteiger partial charge < -0.3 is 14.2 Å². The molecule has 0 unspecified atom stereocenters. The third-order valence-corrected chi connectivity index (χ3v) is 6.89.